The van der Waals surface area contributed by atoms with Crippen molar-refractivity contribution < 1.29 is 9.53 Å². The molecular weight excluding hydrogens is 240 g/mol. The Kier molecular flexibility index (Phi) is 4.78. The van der Waals surface area contributed by atoms with Gasteiger partial charge in [0.2, 0.25) is 5.91 Å². The van der Waals surface area contributed by atoms with Gasteiger partial charge in [-0.3, -0.25) is 4.79 Å². The number of rotatable bonds is 6. The standard InChI is InChI=1S/C12H17ClN2O2/c1-12(11(14)16,7-8-17-2)15-10-6-4-3-5-9(10)13/h3-6,15H,7-8H2,1-2H3,(H2,14,16). The van der Waals surface area contributed by atoms with E-state index in [9.17, 15) is 4.79 Å². The Morgan fingerprint density at radius 2 is 2.18 bits per heavy atom. The lowest BCUT2D eigenvalue weighted by molar-refractivity contribution is -0.122. The highest BCUT2D eigenvalue weighted by Gasteiger charge is 2.30. The van der Waals surface area contributed by atoms with Crippen LogP contribution in [-0.4, -0.2) is 25.2 Å². The first kappa shape index (κ1) is 13.8. The summed E-state index contributed by atoms with van der Waals surface area (Å²) >= 11 is 6.02. The first-order chi connectivity index (χ1) is 7.99. The van der Waals surface area contributed by atoms with Crippen LogP contribution in [0.1, 0.15) is 13.3 Å². The smallest absolute Gasteiger partial charge is 0.242 e. The Hall–Kier alpha value is -1.26. The van der Waals surface area contributed by atoms with Gasteiger partial charge in [0.25, 0.3) is 0 Å². The number of ether oxygens (including phenoxy) is 1. The summed E-state index contributed by atoms with van der Waals surface area (Å²) in [5.74, 6) is -0.436. The SMILES string of the molecule is COCCC(C)(Nc1ccccc1Cl)C(N)=O. The van der Waals surface area contributed by atoms with Crippen molar-refractivity contribution in [2.24, 2.45) is 5.73 Å². The van der Waals surface area contributed by atoms with Gasteiger partial charge in [-0.2, -0.15) is 0 Å². The second-order valence-corrected chi connectivity index (χ2v) is 4.45. The number of carbonyl (C=O) groups is 1. The topological polar surface area (TPSA) is 64.3 Å². The van der Waals surface area contributed by atoms with Crippen molar-refractivity contribution in [1.82, 2.24) is 0 Å². The number of hydrogen-bond acceptors (Lipinski definition) is 3. The van der Waals surface area contributed by atoms with Crippen LogP contribution in [0.2, 0.25) is 5.02 Å². The predicted molar refractivity (Wildman–Crippen MR) is 69.2 cm³/mol. The maximum absolute atomic E-state index is 11.5. The fourth-order valence-electron chi connectivity index (χ4n) is 1.41. The van der Waals surface area contributed by atoms with Crippen molar-refractivity contribution >= 4 is 23.2 Å². The van der Waals surface area contributed by atoms with Gasteiger partial charge in [0, 0.05) is 20.1 Å². The summed E-state index contributed by atoms with van der Waals surface area (Å²) in [6, 6.07) is 7.22. The average molecular weight is 257 g/mol. The molecule has 5 heteroatoms. The number of nitrogens with one attached hydrogen (secondary N) is 1. The van der Waals surface area contributed by atoms with Crippen molar-refractivity contribution in [1.29, 1.82) is 0 Å². The molecule has 0 aromatic heterocycles. The van der Waals surface area contributed by atoms with Crippen molar-refractivity contribution in [3.63, 3.8) is 0 Å². The summed E-state index contributed by atoms with van der Waals surface area (Å²) in [6.45, 7) is 2.18. The van der Waals surface area contributed by atoms with Crippen LogP contribution in [0.3, 0.4) is 0 Å². The summed E-state index contributed by atoms with van der Waals surface area (Å²) in [5, 5.41) is 3.62. The second kappa shape index (κ2) is 5.89. The van der Waals surface area contributed by atoms with Gasteiger partial charge in [-0.05, 0) is 19.1 Å². The van der Waals surface area contributed by atoms with Crippen LogP contribution in [-0.2, 0) is 9.53 Å². The Bertz CT molecular complexity index is 398. The van der Waals surface area contributed by atoms with Gasteiger partial charge < -0.3 is 15.8 Å². The number of methoxy groups -OCH3 is 1. The van der Waals surface area contributed by atoms with Gasteiger partial charge in [-0.15, -0.1) is 0 Å². The molecular formula is C12H17ClN2O2. The molecule has 0 saturated heterocycles. The van der Waals surface area contributed by atoms with E-state index in [4.69, 9.17) is 22.1 Å². The molecule has 0 aliphatic rings. The Balaban J connectivity index is 2.87. The number of benzene rings is 1. The minimum atomic E-state index is -0.874. The first-order valence-electron chi connectivity index (χ1n) is 5.31. The predicted octanol–water partition coefficient (Wildman–Crippen LogP) is 2.03. The van der Waals surface area contributed by atoms with E-state index in [1.807, 2.05) is 12.1 Å². The highest BCUT2D eigenvalue weighted by Crippen LogP contribution is 2.25. The van der Waals surface area contributed by atoms with Crippen LogP contribution < -0.4 is 11.1 Å². The van der Waals surface area contributed by atoms with Crippen LogP contribution in [0, 0.1) is 0 Å². The summed E-state index contributed by atoms with van der Waals surface area (Å²) in [4.78, 5) is 11.5. The average Bonchev–Trinajstić information content (AvgIpc) is 2.29. The molecule has 1 aromatic rings. The van der Waals surface area contributed by atoms with Crippen LogP contribution in [0.4, 0.5) is 5.69 Å². The van der Waals surface area contributed by atoms with Gasteiger partial charge in [-0.25, -0.2) is 0 Å². The van der Waals surface area contributed by atoms with E-state index in [0.717, 1.165) is 0 Å². The lowest BCUT2D eigenvalue weighted by Crippen LogP contribution is -2.48. The molecule has 0 saturated carbocycles. The lowest BCUT2D eigenvalue weighted by atomic mass is 9.97. The molecule has 1 amide bonds. The van der Waals surface area contributed by atoms with Crippen molar-refractivity contribution in [3.05, 3.63) is 29.3 Å². The van der Waals surface area contributed by atoms with Gasteiger partial charge in [0.15, 0.2) is 0 Å². The molecule has 0 heterocycles. The Morgan fingerprint density at radius 3 is 2.71 bits per heavy atom. The minimum Gasteiger partial charge on any atom is -0.385 e. The molecule has 1 unspecified atom stereocenters. The molecule has 3 N–H and O–H groups in total. The Labute approximate surface area is 106 Å². The monoisotopic (exact) mass is 256 g/mol. The lowest BCUT2D eigenvalue weighted by Gasteiger charge is -2.28. The van der Waals surface area contributed by atoms with Gasteiger partial charge >= 0.3 is 0 Å². The molecule has 1 aromatic carbocycles. The second-order valence-electron chi connectivity index (χ2n) is 4.04. The maximum Gasteiger partial charge on any atom is 0.242 e. The van der Waals surface area contributed by atoms with E-state index < -0.39 is 11.4 Å². The first-order valence-corrected chi connectivity index (χ1v) is 5.69. The molecule has 0 fully saturated rings. The van der Waals surface area contributed by atoms with E-state index in [-0.39, 0.29) is 0 Å². The van der Waals surface area contributed by atoms with E-state index in [1.165, 1.54) is 0 Å². The quantitative estimate of drug-likeness (QED) is 0.819. The number of primary amides is 1. The fraction of sp³-hybridized carbons (Fsp3) is 0.417. The minimum absolute atomic E-state index is 0.436. The molecule has 0 bridgehead atoms. The van der Waals surface area contributed by atoms with Crippen LogP contribution in [0.15, 0.2) is 24.3 Å². The van der Waals surface area contributed by atoms with Crippen LogP contribution >= 0.6 is 11.6 Å². The summed E-state index contributed by atoms with van der Waals surface area (Å²) in [6.07, 6.45) is 0.476. The fourth-order valence-corrected chi connectivity index (χ4v) is 1.60. The van der Waals surface area contributed by atoms with Gasteiger partial charge in [-0.1, -0.05) is 23.7 Å². The third-order valence-corrected chi connectivity index (χ3v) is 2.96. The number of anilines is 1. The number of hydrogen-bond donors (Lipinski definition) is 2. The molecule has 4 nitrogen and oxygen atoms in total. The zero-order valence-corrected chi connectivity index (χ0v) is 10.8. The molecule has 0 aliphatic heterocycles. The van der Waals surface area contributed by atoms with Crippen LogP contribution in [0.5, 0.6) is 0 Å². The normalized spacial score (nSPS) is 14.1. The summed E-state index contributed by atoms with van der Waals surface area (Å²) < 4.78 is 4.97. The number of halogens is 1. The third-order valence-electron chi connectivity index (χ3n) is 2.63. The molecule has 17 heavy (non-hydrogen) atoms. The molecule has 0 spiro atoms. The van der Waals surface area contributed by atoms with E-state index in [0.29, 0.717) is 23.7 Å². The van der Waals surface area contributed by atoms with Crippen molar-refractivity contribution in [2.75, 3.05) is 19.0 Å². The number of nitrogens with two attached hydrogens (primary N) is 1. The summed E-state index contributed by atoms with van der Waals surface area (Å²) in [5.41, 5.74) is 5.22. The largest absolute Gasteiger partial charge is 0.385 e. The van der Waals surface area contributed by atoms with E-state index in [1.54, 1.807) is 26.2 Å². The van der Waals surface area contributed by atoms with Crippen molar-refractivity contribution in [3.8, 4) is 0 Å². The third kappa shape index (κ3) is 3.61. The molecule has 1 atom stereocenters. The molecule has 94 valence electrons. The molecule has 1 rings (SSSR count). The number of amides is 1. The zero-order chi connectivity index (χ0) is 12.9. The maximum atomic E-state index is 11.5. The Morgan fingerprint density at radius 1 is 1.53 bits per heavy atom. The van der Waals surface area contributed by atoms with Gasteiger partial charge in [0.05, 0.1) is 10.7 Å². The molecule has 0 aliphatic carbocycles. The highest BCUT2D eigenvalue weighted by molar-refractivity contribution is 6.33. The number of carbonyl (C=O) groups excluding carboxylic acids is 1. The highest BCUT2D eigenvalue weighted by atomic mass is 35.5. The van der Waals surface area contributed by atoms with Crippen molar-refractivity contribution in [2.45, 2.75) is 18.9 Å². The van der Waals surface area contributed by atoms with E-state index >= 15 is 0 Å². The van der Waals surface area contributed by atoms with Gasteiger partial charge in [0.1, 0.15) is 5.54 Å². The van der Waals surface area contributed by atoms with Crippen LogP contribution in [0.25, 0.3) is 0 Å². The zero-order valence-electron chi connectivity index (χ0n) is 10.00. The summed E-state index contributed by atoms with van der Waals surface area (Å²) in [7, 11) is 1.58. The number of para-hydroxylation sites is 1. The molecule has 0 radical (unpaired) electrons. The van der Waals surface area contributed by atoms with E-state index in [2.05, 4.69) is 5.32 Å².